The second kappa shape index (κ2) is 10.4. The Morgan fingerprint density at radius 2 is 0.857 bits per heavy atom. The van der Waals surface area contributed by atoms with Crippen molar-refractivity contribution in [2.75, 3.05) is 9.34 Å². The van der Waals surface area contributed by atoms with Crippen LogP contribution in [0.25, 0.3) is 22.8 Å². The summed E-state index contributed by atoms with van der Waals surface area (Å²) < 4.78 is 20.1. The fraction of sp³-hybridized carbons (Fsp3) is 0.0571. The van der Waals surface area contributed by atoms with Gasteiger partial charge >= 0.3 is 7.44 Å². The van der Waals surface area contributed by atoms with Crippen LogP contribution in [0.4, 0.5) is 22.7 Å². The second-order valence-corrected chi connectivity index (χ2v) is 12.6. The van der Waals surface area contributed by atoms with Crippen molar-refractivity contribution in [1.29, 1.82) is 0 Å². The topological polar surface area (TPSA) is 62.2 Å². The van der Waals surface area contributed by atoms with Crippen molar-refractivity contribution >= 4 is 35.8 Å². The molecule has 0 saturated carbocycles. The van der Waals surface area contributed by atoms with Gasteiger partial charge in [-0.25, -0.2) is 15.0 Å². The Morgan fingerprint density at radius 3 is 1.24 bits per heavy atom. The van der Waals surface area contributed by atoms with Gasteiger partial charge in [0.05, 0.1) is 11.4 Å². The summed E-state index contributed by atoms with van der Waals surface area (Å²) in [6.45, 7) is 4.16. The smallest absolute Gasteiger partial charge is 0.267 e. The van der Waals surface area contributed by atoms with Crippen LogP contribution in [0.1, 0.15) is 11.1 Å². The lowest BCUT2D eigenvalue weighted by Gasteiger charge is -2.31. The lowest BCUT2D eigenvalue weighted by Crippen LogP contribution is -2.31. The van der Waals surface area contributed by atoms with Crippen LogP contribution in [0.2, 0.25) is 0 Å². The summed E-state index contributed by atoms with van der Waals surface area (Å²) in [6.07, 6.45) is 0. The van der Waals surface area contributed by atoms with Crippen LogP contribution >= 0.6 is 7.44 Å². The first-order valence-corrected chi connectivity index (χ1v) is 15.5. The van der Waals surface area contributed by atoms with Gasteiger partial charge in [0.25, 0.3) is 0 Å². The van der Waals surface area contributed by atoms with Crippen LogP contribution in [-0.4, -0.2) is 15.0 Å². The van der Waals surface area contributed by atoms with Crippen LogP contribution in [0.5, 0.6) is 0 Å². The average molecular weight is 566 g/mol. The van der Waals surface area contributed by atoms with Gasteiger partial charge in [-0.05, 0) is 61.4 Å². The summed E-state index contributed by atoms with van der Waals surface area (Å²) in [5.41, 5.74) is 7.38. The monoisotopic (exact) mass is 565 g/mol. The summed E-state index contributed by atoms with van der Waals surface area (Å²) in [7, 11) is -3.80. The number of rotatable bonds is 5. The molecule has 1 aromatic heterocycles. The molecule has 1 aliphatic heterocycles. The van der Waals surface area contributed by atoms with E-state index in [2.05, 4.69) is 26.0 Å². The molecule has 0 bridgehead atoms. The van der Waals surface area contributed by atoms with Crippen molar-refractivity contribution in [2.24, 2.45) is 0 Å². The Labute approximate surface area is 245 Å². The number of anilines is 4. The maximum absolute atomic E-state index is 16.2. The minimum Gasteiger partial charge on any atom is -0.267 e. The number of fused-ring (bicyclic) bond motifs is 1. The fourth-order valence-corrected chi connectivity index (χ4v) is 8.13. The number of para-hydroxylation sites is 2. The van der Waals surface area contributed by atoms with Gasteiger partial charge in [-0.2, -0.15) is 0 Å². The summed E-state index contributed by atoms with van der Waals surface area (Å²) in [5, 5.41) is 0. The highest BCUT2D eigenvalue weighted by molar-refractivity contribution is 7.75. The zero-order chi connectivity index (χ0) is 28.7. The molecule has 5 aromatic carbocycles. The second-order valence-electron chi connectivity index (χ2n) is 10.3. The van der Waals surface area contributed by atoms with Crippen LogP contribution in [0.3, 0.4) is 0 Å². The van der Waals surface area contributed by atoms with Crippen molar-refractivity contribution < 1.29 is 4.57 Å². The molecule has 6 nitrogen and oxygen atoms in total. The van der Waals surface area contributed by atoms with E-state index in [4.69, 9.17) is 15.0 Å². The predicted octanol–water partition coefficient (Wildman–Crippen LogP) is 8.63. The SMILES string of the molecule is Cc1cc2c(cc1C)N(c1ccccc1)P(=O)(c1nc(-c3ccccc3)nc(-c3ccccc3)n1)N2c1ccccc1. The van der Waals surface area contributed by atoms with Crippen molar-refractivity contribution in [1.82, 2.24) is 15.0 Å². The summed E-state index contributed by atoms with van der Waals surface area (Å²) >= 11 is 0. The van der Waals surface area contributed by atoms with Gasteiger partial charge in [-0.15, -0.1) is 0 Å². The molecule has 0 spiro atoms. The Balaban J connectivity index is 1.57. The zero-order valence-corrected chi connectivity index (χ0v) is 24.2. The third-order valence-electron chi connectivity index (χ3n) is 7.54. The molecule has 0 unspecified atom stereocenters. The Morgan fingerprint density at radius 1 is 0.500 bits per heavy atom. The van der Waals surface area contributed by atoms with Crippen molar-refractivity contribution in [3.63, 3.8) is 0 Å². The van der Waals surface area contributed by atoms with E-state index in [0.29, 0.717) is 11.6 Å². The fourth-order valence-electron chi connectivity index (χ4n) is 5.34. The van der Waals surface area contributed by atoms with Crippen LogP contribution in [-0.2, 0) is 4.57 Å². The number of nitrogens with zero attached hydrogens (tertiary/aromatic N) is 5. The van der Waals surface area contributed by atoms with E-state index < -0.39 is 7.44 Å². The molecule has 0 N–H and O–H groups in total. The number of aryl methyl sites for hydroxylation is 2. The normalized spacial score (nSPS) is 13.7. The van der Waals surface area contributed by atoms with E-state index >= 15 is 4.57 Å². The van der Waals surface area contributed by atoms with E-state index in [9.17, 15) is 0 Å². The van der Waals surface area contributed by atoms with E-state index in [1.165, 1.54) is 0 Å². The van der Waals surface area contributed by atoms with Gasteiger partial charge in [0.15, 0.2) is 11.6 Å². The van der Waals surface area contributed by atoms with Crippen LogP contribution in [0, 0.1) is 13.8 Å². The first-order valence-electron chi connectivity index (χ1n) is 13.8. The molecule has 42 heavy (non-hydrogen) atoms. The highest BCUT2D eigenvalue weighted by Crippen LogP contribution is 2.69. The largest absolute Gasteiger partial charge is 0.338 e. The third kappa shape index (κ3) is 4.28. The molecular formula is C35H28N5OP. The zero-order valence-electron chi connectivity index (χ0n) is 23.3. The molecule has 0 aliphatic carbocycles. The lowest BCUT2D eigenvalue weighted by atomic mass is 10.1. The molecular weight excluding hydrogens is 537 g/mol. The average Bonchev–Trinajstić information content (AvgIpc) is 3.30. The molecule has 0 saturated heterocycles. The molecule has 2 heterocycles. The van der Waals surface area contributed by atoms with E-state index in [-0.39, 0.29) is 5.57 Å². The molecule has 7 rings (SSSR count). The maximum Gasteiger partial charge on any atom is 0.338 e. The first kappa shape index (κ1) is 25.9. The van der Waals surface area contributed by atoms with Gasteiger partial charge in [-0.3, -0.25) is 13.9 Å². The lowest BCUT2D eigenvalue weighted by molar-refractivity contribution is 0.581. The summed E-state index contributed by atoms with van der Waals surface area (Å²) in [4.78, 5) is 14.9. The molecule has 6 aromatic rings. The van der Waals surface area contributed by atoms with Crippen molar-refractivity contribution in [3.8, 4) is 22.8 Å². The minimum atomic E-state index is -3.80. The van der Waals surface area contributed by atoms with E-state index in [0.717, 1.165) is 45.0 Å². The molecule has 0 atom stereocenters. The van der Waals surface area contributed by atoms with Crippen molar-refractivity contribution in [3.05, 3.63) is 145 Å². The molecule has 7 heteroatoms. The molecule has 0 amide bonds. The Bertz CT molecular complexity index is 1800. The van der Waals surface area contributed by atoms with Gasteiger partial charge in [0.2, 0.25) is 5.57 Å². The summed E-state index contributed by atoms with van der Waals surface area (Å²) in [6, 6.07) is 43.5. The Kier molecular flexibility index (Phi) is 6.41. The van der Waals surface area contributed by atoms with E-state index in [1.807, 2.05) is 131 Å². The van der Waals surface area contributed by atoms with E-state index in [1.54, 1.807) is 0 Å². The summed E-state index contributed by atoms with van der Waals surface area (Å²) in [5.74, 6) is 0.943. The highest BCUT2D eigenvalue weighted by atomic mass is 31.2. The van der Waals surface area contributed by atoms with Crippen LogP contribution < -0.4 is 14.9 Å². The quantitative estimate of drug-likeness (QED) is 0.195. The molecule has 0 fully saturated rings. The van der Waals surface area contributed by atoms with Gasteiger partial charge in [0, 0.05) is 22.5 Å². The maximum atomic E-state index is 16.2. The third-order valence-corrected chi connectivity index (χ3v) is 10.2. The molecule has 1 aliphatic rings. The predicted molar refractivity (Wildman–Crippen MR) is 171 cm³/mol. The van der Waals surface area contributed by atoms with Gasteiger partial charge < -0.3 is 0 Å². The van der Waals surface area contributed by atoms with Gasteiger partial charge in [0.1, 0.15) is 0 Å². The Hall–Kier alpha value is -5.06. The first-order chi connectivity index (χ1) is 20.5. The molecule has 0 radical (unpaired) electrons. The molecule has 204 valence electrons. The standard InChI is InChI=1S/C35H28N5OP/c1-25-23-31-32(24-26(25)2)40(30-21-13-6-14-22-30)42(41,39(31)29-19-11-5-12-20-29)35-37-33(27-15-7-3-8-16-27)36-34(38-35)28-17-9-4-10-18-28/h3-24H,1-2H3. The number of aromatic nitrogens is 3. The van der Waals surface area contributed by atoms with Crippen molar-refractivity contribution in [2.45, 2.75) is 13.8 Å². The number of hydrogen-bond donors (Lipinski definition) is 0. The minimum absolute atomic E-state index is 0.217. The highest BCUT2D eigenvalue weighted by Gasteiger charge is 2.52. The van der Waals surface area contributed by atoms with Crippen LogP contribution in [0.15, 0.2) is 133 Å². The number of benzene rings is 5. The number of hydrogen-bond acceptors (Lipinski definition) is 4. The van der Waals surface area contributed by atoms with Gasteiger partial charge in [-0.1, -0.05) is 97.1 Å².